The number of para-hydroxylation sites is 2. The van der Waals surface area contributed by atoms with E-state index in [1.807, 2.05) is 25.1 Å². The molecule has 6 heteroatoms. The van der Waals surface area contributed by atoms with Crippen LogP contribution in [0.3, 0.4) is 0 Å². The molecule has 0 bridgehead atoms. The summed E-state index contributed by atoms with van der Waals surface area (Å²) in [5.41, 5.74) is 1.02. The Bertz CT molecular complexity index is 614. The molecule has 1 aromatic heterocycles. The minimum absolute atomic E-state index is 0.269. The SMILES string of the molecule is CCCNc1ncc(C(=O)Nc2ccccc2OCC)cn1. The molecule has 116 valence electrons. The number of hydrogen-bond donors (Lipinski definition) is 2. The molecule has 0 atom stereocenters. The number of amides is 1. The molecule has 0 fully saturated rings. The molecule has 22 heavy (non-hydrogen) atoms. The van der Waals surface area contributed by atoms with Gasteiger partial charge in [-0.3, -0.25) is 4.79 Å². The fraction of sp³-hybridized carbons (Fsp3) is 0.312. The van der Waals surface area contributed by atoms with Crippen molar-refractivity contribution in [2.75, 3.05) is 23.8 Å². The third-order valence-corrected chi connectivity index (χ3v) is 2.88. The largest absolute Gasteiger partial charge is 0.492 e. The summed E-state index contributed by atoms with van der Waals surface area (Å²) in [6, 6.07) is 7.30. The lowest BCUT2D eigenvalue weighted by Crippen LogP contribution is -2.14. The molecule has 0 radical (unpaired) electrons. The monoisotopic (exact) mass is 300 g/mol. The van der Waals surface area contributed by atoms with Crippen LogP contribution in [0.15, 0.2) is 36.7 Å². The van der Waals surface area contributed by atoms with Crippen molar-refractivity contribution < 1.29 is 9.53 Å². The molecule has 0 unspecified atom stereocenters. The van der Waals surface area contributed by atoms with E-state index in [0.717, 1.165) is 13.0 Å². The quantitative estimate of drug-likeness (QED) is 0.822. The average molecular weight is 300 g/mol. The Hall–Kier alpha value is -2.63. The van der Waals surface area contributed by atoms with Gasteiger partial charge in [0.2, 0.25) is 5.95 Å². The zero-order valence-electron chi connectivity index (χ0n) is 12.8. The molecule has 0 saturated heterocycles. The highest BCUT2D eigenvalue weighted by Gasteiger charge is 2.10. The number of rotatable bonds is 7. The molecule has 0 saturated carbocycles. The van der Waals surface area contributed by atoms with Crippen LogP contribution in [0.5, 0.6) is 5.75 Å². The third kappa shape index (κ3) is 4.18. The van der Waals surface area contributed by atoms with E-state index < -0.39 is 0 Å². The standard InChI is InChI=1S/C16H20N4O2/c1-3-9-17-16-18-10-12(11-19-16)15(21)20-13-7-5-6-8-14(13)22-4-2/h5-8,10-11H,3-4,9H2,1-2H3,(H,20,21)(H,17,18,19). The Morgan fingerprint density at radius 2 is 1.91 bits per heavy atom. The summed E-state index contributed by atoms with van der Waals surface area (Å²) in [4.78, 5) is 20.5. The molecular formula is C16H20N4O2. The second-order valence-electron chi connectivity index (χ2n) is 4.61. The van der Waals surface area contributed by atoms with Crippen LogP contribution in [0.25, 0.3) is 0 Å². The molecule has 0 spiro atoms. The molecule has 1 heterocycles. The van der Waals surface area contributed by atoms with Crippen LogP contribution in [-0.4, -0.2) is 29.0 Å². The Labute approximate surface area is 129 Å². The van der Waals surface area contributed by atoms with Gasteiger partial charge in [0.05, 0.1) is 17.9 Å². The molecule has 2 N–H and O–H groups in total. The number of aromatic nitrogens is 2. The molecule has 0 aliphatic rings. The topological polar surface area (TPSA) is 76.1 Å². The Kier molecular flexibility index (Phi) is 5.71. The molecule has 2 aromatic rings. The minimum Gasteiger partial charge on any atom is -0.492 e. The first-order valence-corrected chi connectivity index (χ1v) is 7.33. The van der Waals surface area contributed by atoms with E-state index in [9.17, 15) is 4.79 Å². The lowest BCUT2D eigenvalue weighted by molar-refractivity contribution is 0.102. The van der Waals surface area contributed by atoms with Gasteiger partial charge in [-0.25, -0.2) is 9.97 Å². The first-order chi connectivity index (χ1) is 10.7. The molecule has 0 aliphatic heterocycles. The number of hydrogen-bond acceptors (Lipinski definition) is 5. The second-order valence-corrected chi connectivity index (χ2v) is 4.61. The van der Waals surface area contributed by atoms with Crippen LogP contribution >= 0.6 is 0 Å². The lowest BCUT2D eigenvalue weighted by atomic mass is 10.2. The Morgan fingerprint density at radius 3 is 2.59 bits per heavy atom. The van der Waals surface area contributed by atoms with Crippen molar-refractivity contribution in [2.24, 2.45) is 0 Å². The third-order valence-electron chi connectivity index (χ3n) is 2.88. The minimum atomic E-state index is -0.269. The van der Waals surface area contributed by atoms with E-state index in [4.69, 9.17) is 4.74 Å². The maximum absolute atomic E-state index is 12.2. The van der Waals surface area contributed by atoms with Crippen LogP contribution in [0.1, 0.15) is 30.6 Å². The average Bonchev–Trinajstić information content (AvgIpc) is 2.55. The lowest BCUT2D eigenvalue weighted by Gasteiger charge is -2.11. The molecule has 2 rings (SSSR count). The van der Waals surface area contributed by atoms with E-state index in [2.05, 4.69) is 27.5 Å². The normalized spacial score (nSPS) is 10.1. The molecule has 6 nitrogen and oxygen atoms in total. The van der Waals surface area contributed by atoms with E-state index in [-0.39, 0.29) is 5.91 Å². The number of ether oxygens (including phenoxy) is 1. The highest BCUT2D eigenvalue weighted by atomic mass is 16.5. The summed E-state index contributed by atoms with van der Waals surface area (Å²) in [6.07, 6.45) is 3.99. The van der Waals surface area contributed by atoms with Crippen molar-refractivity contribution in [2.45, 2.75) is 20.3 Å². The number of carbonyl (C=O) groups is 1. The predicted molar refractivity (Wildman–Crippen MR) is 86.4 cm³/mol. The fourth-order valence-electron chi connectivity index (χ4n) is 1.82. The van der Waals surface area contributed by atoms with E-state index in [1.165, 1.54) is 12.4 Å². The zero-order chi connectivity index (χ0) is 15.8. The van der Waals surface area contributed by atoms with E-state index >= 15 is 0 Å². The second kappa shape index (κ2) is 7.97. The summed E-state index contributed by atoms with van der Waals surface area (Å²) in [5, 5.41) is 5.87. The van der Waals surface area contributed by atoms with Gasteiger partial charge in [0.25, 0.3) is 5.91 Å². The highest BCUT2D eigenvalue weighted by molar-refractivity contribution is 6.04. The summed E-state index contributed by atoms with van der Waals surface area (Å²) in [5.74, 6) is 0.891. The van der Waals surface area contributed by atoms with Crippen LogP contribution in [0.2, 0.25) is 0 Å². The summed E-state index contributed by atoms with van der Waals surface area (Å²) in [6.45, 7) is 5.29. The maximum Gasteiger partial charge on any atom is 0.258 e. The highest BCUT2D eigenvalue weighted by Crippen LogP contribution is 2.24. The summed E-state index contributed by atoms with van der Waals surface area (Å²) < 4.78 is 5.48. The molecular weight excluding hydrogens is 280 g/mol. The van der Waals surface area contributed by atoms with Crippen molar-refractivity contribution in [3.05, 3.63) is 42.2 Å². The van der Waals surface area contributed by atoms with Gasteiger partial charge in [-0.2, -0.15) is 0 Å². The summed E-state index contributed by atoms with van der Waals surface area (Å²) >= 11 is 0. The van der Waals surface area contributed by atoms with Gasteiger partial charge < -0.3 is 15.4 Å². The number of nitrogens with one attached hydrogen (secondary N) is 2. The maximum atomic E-state index is 12.2. The van der Waals surface area contributed by atoms with Gasteiger partial charge in [0.15, 0.2) is 0 Å². The number of anilines is 2. The van der Waals surface area contributed by atoms with Gasteiger partial charge >= 0.3 is 0 Å². The van der Waals surface area contributed by atoms with Crippen molar-refractivity contribution in [1.82, 2.24) is 9.97 Å². The number of benzene rings is 1. The first kappa shape index (κ1) is 15.8. The molecule has 1 aromatic carbocycles. The van der Waals surface area contributed by atoms with Crippen LogP contribution < -0.4 is 15.4 Å². The predicted octanol–water partition coefficient (Wildman–Crippen LogP) is 2.95. The van der Waals surface area contributed by atoms with E-state index in [0.29, 0.717) is 29.6 Å². The van der Waals surface area contributed by atoms with Crippen molar-refractivity contribution >= 4 is 17.5 Å². The van der Waals surface area contributed by atoms with Gasteiger partial charge in [-0.05, 0) is 25.5 Å². The van der Waals surface area contributed by atoms with Gasteiger partial charge in [0, 0.05) is 18.9 Å². The van der Waals surface area contributed by atoms with Crippen LogP contribution in [-0.2, 0) is 0 Å². The summed E-state index contributed by atoms with van der Waals surface area (Å²) in [7, 11) is 0. The Balaban J connectivity index is 2.06. The van der Waals surface area contributed by atoms with Gasteiger partial charge in [-0.1, -0.05) is 19.1 Å². The number of nitrogens with zero attached hydrogens (tertiary/aromatic N) is 2. The van der Waals surface area contributed by atoms with E-state index in [1.54, 1.807) is 6.07 Å². The smallest absolute Gasteiger partial charge is 0.258 e. The first-order valence-electron chi connectivity index (χ1n) is 7.33. The molecule has 0 aliphatic carbocycles. The Morgan fingerprint density at radius 1 is 1.18 bits per heavy atom. The van der Waals surface area contributed by atoms with Crippen molar-refractivity contribution in [3.8, 4) is 5.75 Å². The van der Waals surface area contributed by atoms with Crippen molar-refractivity contribution in [3.63, 3.8) is 0 Å². The zero-order valence-corrected chi connectivity index (χ0v) is 12.8. The molecule has 1 amide bonds. The van der Waals surface area contributed by atoms with Crippen LogP contribution in [0.4, 0.5) is 11.6 Å². The number of carbonyl (C=O) groups excluding carboxylic acids is 1. The fourth-order valence-corrected chi connectivity index (χ4v) is 1.82. The van der Waals surface area contributed by atoms with Gasteiger partial charge in [-0.15, -0.1) is 0 Å². The van der Waals surface area contributed by atoms with Crippen LogP contribution in [0, 0.1) is 0 Å². The van der Waals surface area contributed by atoms with Gasteiger partial charge in [0.1, 0.15) is 5.75 Å². The van der Waals surface area contributed by atoms with Crippen molar-refractivity contribution in [1.29, 1.82) is 0 Å².